The van der Waals surface area contributed by atoms with Crippen LogP contribution in [-0.2, 0) is 19.2 Å². The molecule has 0 bridgehead atoms. The first-order valence-electron chi connectivity index (χ1n) is 6.36. The van der Waals surface area contributed by atoms with Gasteiger partial charge in [0.25, 0.3) is 0 Å². The number of aliphatic hydroxyl groups excluding tert-OH is 3. The minimum Gasteiger partial charge on any atom is -0.462 e. The van der Waals surface area contributed by atoms with Crippen LogP contribution in [0.15, 0.2) is 30.3 Å². The van der Waals surface area contributed by atoms with Gasteiger partial charge in [0.05, 0.1) is 6.61 Å². The molecule has 124 valence electrons. The third kappa shape index (κ3) is 4.36. The van der Waals surface area contributed by atoms with Crippen molar-refractivity contribution in [2.75, 3.05) is 6.61 Å². The molecule has 0 saturated carbocycles. The van der Waals surface area contributed by atoms with Crippen LogP contribution >= 0.6 is 0 Å². The zero-order valence-electron chi connectivity index (χ0n) is 11.3. The van der Waals surface area contributed by atoms with E-state index in [4.69, 9.17) is 9.47 Å². The molecule has 2 rings (SSSR count). The van der Waals surface area contributed by atoms with Gasteiger partial charge in [-0.3, -0.25) is 4.18 Å². The van der Waals surface area contributed by atoms with Crippen LogP contribution in [0.4, 0.5) is 0 Å². The maximum absolute atomic E-state index is 10.8. The summed E-state index contributed by atoms with van der Waals surface area (Å²) >= 11 is 0. The summed E-state index contributed by atoms with van der Waals surface area (Å²) in [6.07, 6.45) is -7.25. The van der Waals surface area contributed by atoms with Crippen LogP contribution in [-0.4, -0.2) is 61.1 Å². The highest BCUT2D eigenvalue weighted by molar-refractivity contribution is 7.84. The van der Waals surface area contributed by atoms with Crippen LogP contribution in [0.2, 0.25) is 0 Å². The lowest BCUT2D eigenvalue weighted by Gasteiger charge is -2.39. The summed E-state index contributed by atoms with van der Waals surface area (Å²) in [5, 5.41) is 34.1. The van der Waals surface area contributed by atoms with Gasteiger partial charge in [-0.15, -0.1) is 0 Å². The van der Waals surface area contributed by atoms with Crippen molar-refractivity contribution < 1.29 is 37.4 Å². The van der Waals surface area contributed by atoms with Gasteiger partial charge in [0, 0.05) is 0 Å². The Kier molecular flexibility index (Phi) is 5.34. The highest BCUT2D eigenvalue weighted by Gasteiger charge is 2.45. The smallest absolute Gasteiger partial charge is 0.333 e. The first kappa shape index (κ1) is 17.1. The van der Waals surface area contributed by atoms with E-state index < -0.39 is 47.6 Å². The van der Waals surface area contributed by atoms with Crippen molar-refractivity contribution in [1.29, 1.82) is 0 Å². The molecule has 0 unspecified atom stereocenters. The molecule has 1 saturated heterocycles. The van der Waals surface area contributed by atoms with Crippen LogP contribution in [0.25, 0.3) is 0 Å². The zero-order chi connectivity index (χ0) is 16.3. The second-order valence-corrected chi connectivity index (χ2v) is 5.94. The van der Waals surface area contributed by atoms with Crippen molar-refractivity contribution in [3.8, 4) is 5.75 Å². The number of hydrogen-bond acceptors (Lipinski definition) is 8. The van der Waals surface area contributed by atoms with E-state index >= 15 is 0 Å². The number of ether oxygens (including phenoxy) is 2. The van der Waals surface area contributed by atoms with E-state index in [9.17, 15) is 23.7 Å². The summed E-state index contributed by atoms with van der Waals surface area (Å²) < 4.78 is 36.5. The molecule has 1 aliphatic heterocycles. The minimum atomic E-state index is -4.23. The van der Waals surface area contributed by atoms with E-state index in [1.165, 1.54) is 0 Å². The Hall–Kier alpha value is -1.27. The Labute approximate surface area is 127 Å². The number of nitrogens with two attached hydrogens (primary N) is 1. The average Bonchev–Trinajstić information content (AvgIpc) is 2.47. The molecular weight excluding hydrogens is 318 g/mol. The second-order valence-electron chi connectivity index (χ2n) is 4.72. The van der Waals surface area contributed by atoms with Gasteiger partial charge in [-0.25, -0.2) is 5.14 Å². The normalized spacial score (nSPS) is 32.6. The largest absolute Gasteiger partial charge is 0.462 e. The molecule has 0 amide bonds. The maximum atomic E-state index is 10.8. The SMILES string of the molecule is NS(=O)(=O)OC[C@H]1O[C@H](Oc2ccccc2)[C@@H](O)[C@@H](O)[C@@H]1O. The lowest BCUT2D eigenvalue weighted by molar-refractivity contribution is -0.276. The van der Waals surface area contributed by atoms with Crippen LogP contribution in [0, 0.1) is 0 Å². The number of para-hydroxylation sites is 1. The van der Waals surface area contributed by atoms with E-state index in [1.54, 1.807) is 30.3 Å². The molecule has 0 aromatic heterocycles. The molecule has 1 aromatic rings. The predicted octanol–water partition coefficient (Wildman–Crippen LogP) is -1.91. The van der Waals surface area contributed by atoms with Gasteiger partial charge in [0.1, 0.15) is 30.2 Å². The Morgan fingerprint density at radius 1 is 1.09 bits per heavy atom. The van der Waals surface area contributed by atoms with E-state index in [2.05, 4.69) is 9.32 Å². The molecule has 22 heavy (non-hydrogen) atoms. The molecule has 1 heterocycles. The monoisotopic (exact) mass is 335 g/mol. The van der Waals surface area contributed by atoms with Gasteiger partial charge in [-0.1, -0.05) is 18.2 Å². The Morgan fingerprint density at radius 3 is 2.32 bits per heavy atom. The molecule has 5 N–H and O–H groups in total. The zero-order valence-corrected chi connectivity index (χ0v) is 12.2. The second kappa shape index (κ2) is 6.87. The lowest BCUT2D eigenvalue weighted by atomic mass is 9.99. The highest BCUT2D eigenvalue weighted by Crippen LogP contribution is 2.24. The molecular formula is C12H17NO8S. The fourth-order valence-electron chi connectivity index (χ4n) is 1.95. The third-order valence-corrected chi connectivity index (χ3v) is 3.53. The standard InChI is InChI=1S/C12H17NO8S/c13-22(17,18)19-6-8-9(14)10(15)11(16)12(21-8)20-7-4-2-1-3-5-7/h1-5,8-12,14-16H,6H2,(H2,13,17,18)/t8-,9-,10+,11+,12+/m1/s1. The topological polar surface area (TPSA) is 149 Å². The average molecular weight is 335 g/mol. The molecule has 1 aromatic carbocycles. The van der Waals surface area contributed by atoms with Crippen molar-refractivity contribution in [1.82, 2.24) is 0 Å². The molecule has 0 radical (unpaired) electrons. The Morgan fingerprint density at radius 2 is 1.73 bits per heavy atom. The lowest BCUT2D eigenvalue weighted by Crippen LogP contribution is -2.60. The molecule has 0 aliphatic carbocycles. The van der Waals surface area contributed by atoms with E-state index in [0.29, 0.717) is 5.75 Å². The number of hydrogen-bond donors (Lipinski definition) is 4. The Bertz CT molecular complexity index is 580. The van der Waals surface area contributed by atoms with Crippen LogP contribution in [0.3, 0.4) is 0 Å². The van der Waals surface area contributed by atoms with E-state index in [-0.39, 0.29) is 0 Å². The molecule has 9 nitrogen and oxygen atoms in total. The van der Waals surface area contributed by atoms with Crippen molar-refractivity contribution in [2.24, 2.45) is 5.14 Å². The molecule has 0 spiro atoms. The molecule has 10 heteroatoms. The number of aliphatic hydroxyl groups is 3. The van der Waals surface area contributed by atoms with Gasteiger partial charge < -0.3 is 24.8 Å². The summed E-state index contributed by atoms with van der Waals surface area (Å²) in [6, 6.07) is 8.34. The van der Waals surface area contributed by atoms with E-state index in [0.717, 1.165) is 0 Å². The van der Waals surface area contributed by atoms with Gasteiger partial charge >= 0.3 is 10.3 Å². The number of rotatable bonds is 5. The van der Waals surface area contributed by atoms with Crippen LogP contribution in [0.1, 0.15) is 0 Å². The maximum Gasteiger partial charge on any atom is 0.333 e. The fourth-order valence-corrected chi connectivity index (χ4v) is 2.27. The fraction of sp³-hybridized carbons (Fsp3) is 0.500. The molecule has 1 aliphatic rings. The van der Waals surface area contributed by atoms with Gasteiger partial charge in [0.2, 0.25) is 6.29 Å². The third-order valence-electron chi connectivity index (χ3n) is 3.06. The summed E-state index contributed by atoms with van der Waals surface area (Å²) in [5.74, 6) is 0.362. The van der Waals surface area contributed by atoms with Gasteiger partial charge in [-0.05, 0) is 12.1 Å². The molecule has 5 atom stereocenters. The predicted molar refractivity (Wildman–Crippen MR) is 72.8 cm³/mol. The van der Waals surface area contributed by atoms with Crippen molar-refractivity contribution in [3.05, 3.63) is 30.3 Å². The minimum absolute atomic E-state index is 0.362. The summed E-state index contributed by atoms with van der Waals surface area (Å²) in [7, 11) is -4.23. The van der Waals surface area contributed by atoms with Crippen molar-refractivity contribution in [3.63, 3.8) is 0 Å². The van der Waals surface area contributed by atoms with Crippen molar-refractivity contribution in [2.45, 2.75) is 30.7 Å². The quantitative estimate of drug-likeness (QED) is 0.487. The van der Waals surface area contributed by atoms with Crippen LogP contribution in [0.5, 0.6) is 5.75 Å². The first-order chi connectivity index (χ1) is 10.3. The van der Waals surface area contributed by atoms with Gasteiger partial charge in [0.15, 0.2) is 0 Å². The highest BCUT2D eigenvalue weighted by atomic mass is 32.2. The Balaban J connectivity index is 2.06. The number of benzene rings is 1. The summed E-state index contributed by atoms with van der Waals surface area (Å²) in [5.41, 5.74) is 0. The summed E-state index contributed by atoms with van der Waals surface area (Å²) in [4.78, 5) is 0. The van der Waals surface area contributed by atoms with Crippen LogP contribution < -0.4 is 9.88 Å². The first-order valence-corrected chi connectivity index (χ1v) is 7.83. The summed E-state index contributed by atoms with van der Waals surface area (Å²) in [6.45, 7) is -0.627. The van der Waals surface area contributed by atoms with Gasteiger partial charge in [-0.2, -0.15) is 8.42 Å². The van der Waals surface area contributed by atoms with E-state index in [1.807, 2.05) is 0 Å². The molecule has 1 fully saturated rings. The van der Waals surface area contributed by atoms with Crippen molar-refractivity contribution >= 4 is 10.3 Å².